The number of aromatic hydroxyl groups is 1. The predicted molar refractivity (Wildman–Crippen MR) is 68.0 cm³/mol. The van der Waals surface area contributed by atoms with Crippen molar-refractivity contribution in [3.8, 4) is 11.8 Å². The molecule has 1 heterocycles. The molecule has 2 rings (SSSR count). The van der Waals surface area contributed by atoms with E-state index in [0.717, 1.165) is 12.0 Å². The summed E-state index contributed by atoms with van der Waals surface area (Å²) < 4.78 is 6.78. The zero-order valence-electron chi connectivity index (χ0n) is 10.2. The van der Waals surface area contributed by atoms with Gasteiger partial charge in [-0.25, -0.2) is 4.79 Å². The van der Waals surface area contributed by atoms with E-state index in [9.17, 15) is 9.90 Å². The van der Waals surface area contributed by atoms with Crippen molar-refractivity contribution in [2.24, 2.45) is 0 Å². The molecule has 0 amide bonds. The number of aromatic nitrogens is 2. The second-order valence-corrected chi connectivity index (χ2v) is 4.00. The molecular formula is C13H16N2O3. The molecule has 0 saturated heterocycles. The lowest BCUT2D eigenvalue weighted by Crippen LogP contribution is -2.18. The molecule has 0 unspecified atom stereocenters. The van der Waals surface area contributed by atoms with E-state index >= 15 is 0 Å². The highest BCUT2D eigenvalue weighted by molar-refractivity contribution is 5.27. The Balaban J connectivity index is 2.29. The number of rotatable bonds is 5. The van der Waals surface area contributed by atoms with Gasteiger partial charge in [0.15, 0.2) is 0 Å². The fourth-order valence-corrected chi connectivity index (χ4v) is 1.70. The first-order valence-electron chi connectivity index (χ1n) is 5.91. The van der Waals surface area contributed by atoms with E-state index in [1.54, 1.807) is 0 Å². The van der Waals surface area contributed by atoms with Gasteiger partial charge in [0.05, 0.1) is 13.2 Å². The maximum Gasteiger partial charge on any atom is 0.331 e. The number of nitrogens with zero attached hydrogens (tertiary/aromatic N) is 1. The normalized spacial score (nSPS) is 10.5. The molecule has 1 aromatic carbocycles. The van der Waals surface area contributed by atoms with Crippen molar-refractivity contribution < 1.29 is 9.84 Å². The van der Waals surface area contributed by atoms with Gasteiger partial charge in [-0.2, -0.15) is 0 Å². The topological polar surface area (TPSA) is 67.2 Å². The third kappa shape index (κ3) is 2.56. The lowest BCUT2D eigenvalue weighted by molar-refractivity contribution is 0.274. The minimum atomic E-state index is -0.373. The number of imidazole rings is 1. The summed E-state index contributed by atoms with van der Waals surface area (Å²) in [5, 5.41) is 9.62. The Morgan fingerprint density at radius 3 is 2.72 bits per heavy atom. The van der Waals surface area contributed by atoms with Gasteiger partial charge in [0.1, 0.15) is 0 Å². The molecule has 2 N–H and O–H groups in total. The summed E-state index contributed by atoms with van der Waals surface area (Å²) in [5.41, 5.74) is 0.599. The summed E-state index contributed by atoms with van der Waals surface area (Å²) in [7, 11) is 0. The quantitative estimate of drug-likeness (QED) is 0.846. The van der Waals surface area contributed by atoms with E-state index < -0.39 is 0 Å². The van der Waals surface area contributed by atoms with Gasteiger partial charge in [-0.15, -0.1) is 0 Å². The number of ether oxygens (including phenoxy) is 1. The number of hydrogen-bond donors (Lipinski definition) is 2. The van der Waals surface area contributed by atoms with E-state index in [2.05, 4.69) is 4.98 Å². The average molecular weight is 248 g/mol. The summed E-state index contributed by atoms with van der Waals surface area (Å²) in [6, 6.07) is 9.55. The fraction of sp³-hybridized carbons (Fsp3) is 0.308. The van der Waals surface area contributed by atoms with Crippen LogP contribution in [0.5, 0.6) is 11.8 Å². The van der Waals surface area contributed by atoms with Crippen LogP contribution in [0.3, 0.4) is 0 Å². The molecule has 18 heavy (non-hydrogen) atoms. The van der Waals surface area contributed by atoms with Gasteiger partial charge in [0, 0.05) is 0 Å². The zero-order valence-corrected chi connectivity index (χ0v) is 10.2. The molecule has 5 nitrogen and oxygen atoms in total. The molecule has 0 aliphatic carbocycles. The lowest BCUT2D eigenvalue weighted by Gasteiger charge is -2.08. The molecule has 0 fully saturated rings. The van der Waals surface area contributed by atoms with Crippen LogP contribution in [-0.2, 0) is 6.54 Å². The van der Waals surface area contributed by atoms with E-state index in [4.69, 9.17) is 4.74 Å². The standard InChI is InChI=1S/C13H16N2O3/c1-2-8-18-12-11(16)14-13(17)15(12)9-10-6-4-3-5-7-10/h3-7,16H,2,8-9H2,1H3,(H,14,17). The molecule has 2 aromatic rings. The summed E-state index contributed by atoms with van der Waals surface area (Å²) in [6.07, 6.45) is 0.810. The molecule has 0 bridgehead atoms. The van der Waals surface area contributed by atoms with E-state index in [-0.39, 0.29) is 17.4 Å². The average Bonchev–Trinajstić information content (AvgIpc) is 2.63. The lowest BCUT2D eigenvalue weighted by atomic mass is 10.2. The van der Waals surface area contributed by atoms with Crippen molar-refractivity contribution >= 4 is 0 Å². The number of benzene rings is 1. The van der Waals surface area contributed by atoms with Crippen LogP contribution in [0.25, 0.3) is 0 Å². The number of hydrogen-bond acceptors (Lipinski definition) is 3. The van der Waals surface area contributed by atoms with Crippen molar-refractivity contribution in [2.45, 2.75) is 19.9 Å². The Kier molecular flexibility index (Phi) is 3.72. The largest absolute Gasteiger partial charge is 0.491 e. The van der Waals surface area contributed by atoms with Crippen molar-refractivity contribution in [2.75, 3.05) is 6.61 Å². The highest BCUT2D eigenvalue weighted by atomic mass is 16.5. The van der Waals surface area contributed by atoms with Crippen LogP contribution >= 0.6 is 0 Å². The molecule has 1 aromatic heterocycles. The van der Waals surface area contributed by atoms with Gasteiger partial charge < -0.3 is 9.84 Å². The molecule has 96 valence electrons. The Hall–Kier alpha value is -2.17. The Morgan fingerprint density at radius 2 is 2.06 bits per heavy atom. The number of nitrogens with one attached hydrogen (secondary N) is 1. The zero-order chi connectivity index (χ0) is 13.0. The molecule has 0 radical (unpaired) electrons. The van der Waals surface area contributed by atoms with Crippen molar-refractivity contribution in [1.82, 2.24) is 9.55 Å². The van der Waals surface area contributed by atoms with Gasteiger partial charge in [0.25, 0.3) is 11.8 Å². The first-order chi connectivity index (χ1) is 8.72. The van der Waals surface area contributed by atoms with Crippen LogP contribution in [0.1, 0.15) is 18.9 Å². The van der Waals surface area contributed by atoms with Crippen LogP contribution in [0.4, 0.5) is 0 Å². The molecule has 5 heteroatoms. The molecule has 0 aliphatic rings. The second kappa shape index (κ2) is 5.44. The smallest absolute Gasteiger partial charge is 0.331 e. The summed E-state index contributed by atoms with van der Waals surface area (Å²) in [4.78, 5) is 14.0. The Labute approximate surface area is 105 Å². The van der Waals surface area contributed by atoms with Gasteiger partial charge in [-0.05, 0) is 12.0 Å². The monoisotopic (exact) mass is 248 g/mol. The van der Waals surface area contributed by atoms with Crippen LogP contribution < -0.4 is 10.4 Å². The predicted octanol–water partition coefficient (Wildman–Crippen LogP) is 1.72. The number of aromatic amines is 1. The van der Waals surface area contributed by atoms with Gasteiger partial charge in [0.2, 0.25) is 0 Å². The van der Waals surface area contributed by atoms with E-state index in [1.807, 2.05) is 37.3 Å². The maximum absolute atomic E-state index is 11.7. The minimum Gasteiger partial charge on any atom is -0.491 e. The molecule has 0 spiro atoms. The molecule has 0 aliphatic heterocycles. The highest BCUT2D eigenvalue weighted by Gasteiger charge is 2.14. The second-order valence-electron chi connectivity index (χ2n) is 4.00. The van der Waals surface area contributed by atoms with Crippen molar-refractivity contribution in [3.05, 3.63) is 46.4 Å². The van der Waals surface area contributed by atoms with Crippen LogP contribution in [-0.4, -0.2) is 21.3 Å². The molecule has 0 atom stereocenters. The fourth-order valence-electron chi connectivity index (χ4n) is 1.70. The van der Waals surface area contributed by atoms with Gasteiger partial charge in [-0.3, -0.25) is 9.55 Å². The molecule has 0 saturated carbocycles. The summed E-state index contributed by atoms with van der Waals surface area (Å²) in [6.45, 7) is 2.79. The first kappa shape index (κ1) is 12.3. The summed E-state index contributed by atoms with van der Waals surface area (Å²) >= 11 is 0. The maximum atomic E-state index is 11.7. The third-order valence-corrected chi connectivity index (χ3v) is 2.54. The van der Waals surface area contributed by atoms with E-state index in [0.29, 0.717) is 13.2 Å². The van der Waals surface area contributed by atoms with Gasteiger partial charge >= 0.3 is 5.69 Å². The Morgan fingerprint density at radius 1 is 1.33 bits per heavy atom. The summed E-state index contributed by atoms with van der Waals surface area (Å²) in [5.74, 6) is -0.0184. The highest BCUT2D eigenvalue weighted by Crippen LogP contribution is 2.22. The van der Waals surface area contributed by atoms with Crippen LogP contribution in [0.2, 0.25) is 0 Å². The third-order valence-electron chi connectivity index (χ3n) is 2.54. The van der Waals surface area contributed by atoms with E-state index in [1.165, 1.54) is 4.57 Å². The van der Waals surface area contributed by atoms with Crippen LogP contribution in [0.15, 0.2) is 35.1 Å². The molecular weight excluding hydrogens is 232 g/mol. The van der Waals surface area contributed by atoms with Crippen molar-refractivity contribution in [3.63, 3.8) is 0 Å². The van der Waals surface area contributed by atoms with Crippen molar-refractivity contribution in [1.29, 1.82) is 0 Å². The number of H-pyrrole nitrogens is 1. The Bertz CT molecular complexity index is 557. The minimum absolute atomic E-state index is 0.200. The first-order valence-corrected chi connectivity index (χ1v) is 5.91. The van der Waals surface area contributed by atoms with Crippen LogP contribution in [0, 0.1) is 0 Å². The van der Waals surface area contributed by atoms with Gasteiger partial charge in [-0.1, -0.05) is 37.3 Å². The SMILES string of the molecule is CCCOc1c(O)[nH]c(=O)n1Cc1ccccc1.